The number of hydrogen-bond donors (Lipinski definition) is 1. The zero-order valence-corrected chi connectivity index (χ0v) is 11.1. The van der Waals surface area contributed by atoms with Gasteiger partial charge in [-0.2, -0.15) is 0 Å². The number of Topliss-reactive ketones (excluding diaryl/α,β-unsaturated/α-hetero) is 1. The zero-order valence-electron chi connectivity index (χ0n) is 11.1. The van der Waals surface area contributed by atoms with Gasteiger partial charge < -0.3 is 9.72 Å². The average Bonchev–Trinajstić information content (AvgIpc) is 2.90. The van der Waals surface area contributed by atoms with Crippen LogP contribution in [-0.2, 0) is 4.74 Å². The molecule has 0 aliphatic carbocycles. The van der Waals surface area contributed by atoms with Gasteiger partial charge in [0, 0.05) is 35.8 Å². The summed E-state index contributed by atoms with van der Waals surface area (Å²) in [6.07, 6.45) is 1.82. The number of ketones is 1. The van der Waals surface area contributed by atoms with Crippen LogP contribution in [-0.4, -0.2) is 48.0 Å². The molecule has 0 unspecified atom stereocenters. The number of aromatic nitrogens is 1. The number of benzene rings is 1. The van der Waals surface area contributed by atoms with Gasteiger partial charge in [0.05, 0.1) is 19.3 Å². The highest BCUT2D eigenvalue weighted by Gasteiger charge is 2.25. The number of morpholine rings is 1. The summed E-state index contributed by atoms with van der Waals surface area (Å²) in [6.45, 7) is 5.07. The van der Waals surface area contributed by atoms with Gasteiger partial charge >= 0.3 is 0 Å². The van der Waals surface area contributed by atoms with Gasteiger partial charge in [-0.1, -0.05) is 18.2 Å². The third-order valence-corrected chi connectivity index (χ3v) is 3.83. The molecule has 1 aromatic carbocycles. The maximum absolute atomic E-state index is 12.6. The van der Waals surface area contributed by atoms with Crippen molar-refractivity contribution in [3.05, 3.63) is 36.0 Å². The number of fused-ring (bicyclic) bond motifs is 1. The fourth-order valence-electron chi connectivity index (χ4n) is 2.63. The Labute approximate surface area is 112 Å². The minimum atomic E-state index is -0.0943. The second kappa shape index (κ2) is 5.15. The van der Waals surface area contributed by atoms with Crippen LogP contribution in [0.25, 0.3) is 10.9 Å². The molecule has 19 heavy (non-hydrogen) atoms. The lowest BCUT2D eigenvalue weighted by atomic mass is 10.0. The van der Waals surface area contributed by atoms with E-state index in [9.17, 15) is 4.79 Å². The van der Waals surface area contributed by atoms with Crippen molar-refractivity contribution < 1.29 is 9.53 Å². The third kappa shape index (κ3) is 2.29. The van der Waals surface area contributed by atoms with Gasteiger partial charge in [-0.15, -0.1) is 0 Å². The summed E-state index contributed by atoms with van der Waals surface area (Å²) < 4.78 is 5.33. The average molecular weight is 258 g/mol. The molecule has 0 radical (unpaired) electrons. The van der Waals surface area contributed by atoms with Gasteiger partial charge in [-0.25, -0.2) is 0 Å². The Balaban J connectivity index is 1.86. The van der Waals surface area contributed by atoms with Gasteiger partial charge in [0.15, 0.2) is 5.78 Å². The summed E-state index contributed by atoms with van der Waals surface area (Å²) >= 11 is 0. The molecule has 1 aliphatic rings. The van der Waals surface area contributed by atoms with Crippen molar-refractivity contribution in [3.8, 4) is 0 Å². The summed E-state index contributed by atoms with van der Waals surface area (Å²) in [5, 5.41) is 1.01. The Morgan fingerprint density at radius 3 is 2.84 bits per heavy atom. The first-order valence-corrected chi connectivity index (χ1v) is 6.69. The second-order valence-corrected chi connectivity index (χ2v) is 4.94. The van der Waals surface area contributed by atoms with Crippen molar-refractivity contribution in [2.75, 3.05) is 26.3 Å². The lowest BCUT2D eigenvalue weighted by molar-refractivity contribution is 0.0209. The predicted molar refractivity (Wildman–Crippen MR) is 74.5 cm³/mol. The largest absolute Gasteiger partial charge is 0.379 e. The number of para-hydroxylation sites is 1. The second-order valence-electron chi connectivity index (χ2n) is 4.94. The molecule has 1 aromatic heterocycles. The Morgan fingerprint density at radius 2 is 2.05 bits per heavy atom. The zero-order chi connectivity index (χ0) is 13.2. The van der Waals surface area contributed by atoms with E-state index in [4.69, 9.17) is 4.74 Å². The monoisotopic (exact) mass is 258 g/mol. The SMILES string of the molecule is C[C@H](C(=O)c1c[nH]c2ccccc12)N1CCOCC1. The maximum atomic E-state index is 12.6. The molecule has 4 nitrogen and oxygen atoms in total. The minimum absolute atomic E-state index is 0.0943. The first kappa shape index (κ1) is 12.4. The molecule has 1 aliphatic heterocycles. The van der Waals surface area contributed by atoms with Gasteiger partial charge in [0.25, 0.3) is 0 Å². The number of carbonyl (C=O) groups excluding carboxylic acids is 1. The van der Waals surface area contributed by atoms with Crippen LogP contribution >= 0.6 is 0 Å². The fourth-order valence-corrected chi connectivity index (χ4v) is 2.63. The highest BCUT2D eigenvalue weighted by atomic mass is 16.5. The molecule has 0 saturated carbocycles. The molecule has 3 rings (SSSR count). The summed E-state index contributed by atoms with van der Waals surface area (Å²) in [6, 6.07) is 7.82. The Bertz CT molecular complexity index is 585. The quantitative estimate of drug-likeness (QED) is 0.857. The van der Waals surface area contributed by atoms with E-state index in [1.54, 1.807) is 0 Å². The maximum Gasteiger partial charge on any atom is 0.181 e. The first-order valence-electron chi connectivity index (χ1n) is 6.69. The molecule has 1 atom stereocenters. The predicted octanol–water partition coefficient (Wildman–Crippen LogP) is 2.07. The van der Waals surface area contributed by atoms with E-state index in [1.165, 1.54) is 0 Å². The van der Waals surface area contributed by atoms with E-state index in [0.29, 0.717) is 13.2 Å². The summed E-state index contributed by atoms with van der Waals surface area (Å²) in [4.78, 5) is 18.0. The van der Waals surface area contributed by atoms with Gasteiger partial charge in [0.1, 0.15) is 0 Å². The fraction of sp³-hybridized carbons (Fsp3) is 0.400. The molecule has 2 heterocycles. The van der Waals surface area contributed by atoms with E-state index in [-0.39, 0.29) is 11.8 Å². The van der Waals surface area contributed by atoms with Crippen LogP contribution in [0.4, 0.5) is 0 Å². The number of rotatable bonds is 3. The van der Waals surface area contributed by atoms with E-state index in [0.717, 1.165) is 29.6 Å². The first-order chi connectivity index (χ1) is 9.27. The van der Waals surface area contributed by atoms with Crippen LogP contribution in [0.15, 0.2) is 30.5 Å². The molecular formula is C15H18N2O2. The highest BCUT2D eigenvalue weighted by molar-refractivity contribution is 6.10. The number of hydrogen-bond acceptors (Lipinski definition) is 3. The number of aromatic amines is 1. The van der Waals surface area contributed by atoms with E-state index >= 15 is 0 Å². The minimum Gasteiger partial charge on any atom is -0.379 e. The number of H-pyrrole nitrogens is 1. The number of nitrogens with one attached hydrogen (secondary N) is 1. The molecule has 1 N–H and O–H groups in total. The molecule has 2 aromatic rings. The van der Waals surface area contributed by atoms with Crippen molar-refractivity contribution in [2.24, 2.45) is 0 Å². The molecule has 0 bridgehead atoms. The standard InChI is InChI=1S/C15H18N2O2/c1-11(17-6-8-19-9-7-17)15(18)13-10-16-14-5-3-2-4-12(13)14/h2-5,10-11,16H,6-9H2,1H3/t11-/m1/s1. The lowest BCUT2D eigenvalue weighted by Crippen LogP contribution is -2.45. The third-order valence-electron chi connectivity index (χ3n) is 3.83. The van der Waals surface area contributed by atoms with Crippen molar-refractivity contribution in [2.45, 2.75) is 13.0 Å². The smallest absolute Gasteiger partial charge is 0.181 e. The molecule has 0 amide bonds. The molecule has 4 heteroatoms. The Kier molecular flexibility index (Phi) is 3.36. The summed E-state index contributed by atoms with van der Waals surface area (Å²) in [5.41, 5.74) is 1.80. The van der Waals surface area contributed by atoms with Crippen molar-refractivity contribution in [1.82, 2.24) is 9.88 Å². The van der Waals surface area contributed by atoms with Crippen molar-refractivity contribution >= 4 is 16.7 Å². The Morgan fingerprint density at radius 1 is 1.32 bits per heavy atom. The van der Waals surface area contributed by atoms with Crippen LogP contribution in [0, 0.1) is 0 Å². The van der Waals surface area contributed by atoms with Crippen molar-refractivity contribution in [1.29, 1.82) is 0 Å². The summed E-state index contributed by atoms with van der Waals surface area (Å²) in [7, 11) is 0. The molecular weight excluding hydrogens is 240 g/mol. The van der Waals surface area contributed by atoms with Crippen LogP contribution in [0.3, 0.4) is 0 Å². The van der Waals surface area contributed by atoms with Crippen LogP contribution in [0.2, 0.25) is 0 Å². The normalized spacial score (nSPS) is 18.6. The van der Waals surface area contributed by atoms with Crippen molar-refractivity contribution in [3.63, 3.8) is 0 Å². The molecule has 0 spiro atoms. The molecule has 100 valence electrons. The van der Waals surface area contributed by atoms with Gasteiger partial charge in [0.2, 0.25) is 0 Å². The topological polar surface area (TPSA) is 45.3 Å². The van der Waals surface area contributed by atoms with Gasteiger partial charge in [-0.3, -0.25) is 9.69 Å². The highest BCUT2D eigenvalue weighted by Crippen LogP contribution is 2.20. The van der Waals surface area contributed by atoms with Crippen LogP contribution < -0.4 is 0 Å². The van der Waals surface area contributed by atoms with E-state index in [1.807, 2.05) is 37.4 Å². The van der Waals surface area contributed by atoms with Crippen LogP contribution in [0.1, 0.15) is 17.3 Å². The van der Waals surface area contributed by atoms with Crippen LogP contribution in [0.5, 0.6) is 0 Å². The molecule has 1 fully saturated rings. The number of nitrogens with zero attached hydrogens (tertiary/aromatic N) is 1. The Hall–Kier alpha value is -1.65. The molecule has 1 saturated heterocycles. The van der Waals surface area contributed by atoms with E-state index < -0.39 is 0 Å². The summed E-state index contributed by atoms with van der Waals surface area (Å²) in [5.74, 6) is 0.180. The van der Waals surface area contributed by atoms with E-state index in [2.05, 4.69) is 9.88 Å². The number of carbonyl (C=O) groups is 1. The lowest BCUT2D eigenvalue weighted by Gasteiger charge is -2.31. The van der Waals surface area contributed by atoms with Gasteiger partial charge in [-0.05, 0) is 13.0 Å². The number of ether oxygens (including phenoxy) is 1.